The summed E-state index contributed by atoms with van der Waals surface area (Å²) < 4.78 is 14.4. The number of nitrogens with zero attached hydrogens (tertiary/aromatic N) is 4. The van der Waals surface area contributed by atoms with Gasteiger partial charge in [-0.15, -0.1) is 11.3 Å². The first kappa shape index (κ1) is 25.9. The molecular weight excluding hydrogens is 533 g/mol. The number of aromatic nitrogens is 2. The van der Waals surface area contributed by atoms with E-state index in [1.807, 2.05) is 24.0 Å². The fourth-order valence-corrected chi connectivity index (χ4v) is 6.83. The Bertz CT molecular complexity index is 1550. The maximum atomic E-state index is 13.5. The second-order valence-electron chi connectivity index (χ2n) is 10.3. The van der Waals surface area contributed by atoms with E-state index < -0.39 is 0 Å². The van der Waals surface area contributed by atoms with Crippen molar-refractivity contribution in [2.45, 2.75) is 31.7 Å². The van der Waals surface area contributed by atoms with Gasteiger partial charge in [0.15, 0.2) is 0 Å². The molecule has 0 aliphatic carbocycles. The molecule has 2 aromatic carbocycles. The maximum Gasteiger partial charge on any atom is 0.322 e. The van der Waals surface area contributed by atoms with Gasteiger partial charge in [-0.2, -0.15) is 0 Å². The van der Waals surface area contributed by atoms with E-state index in [0.29, 0.717) is 18.2 Å². The van der Waals surface area contributed by atoms with Gasteiger partial charge in [0.2, 0.25) is 0 Å². The third-order valence-electron chi connectivity index (χ3n) is 7.76. The number of anilines is 1. The van der Waals surface area contributed by atoms with Gasteiger partial charge in [0, 0.05) is 36.8 Å². The number of pyridine rings is 1. The predicted octanol–water partition coefficient (Wildman–Crippen LogP) is 6.57. The Balaban J connectivity index is 1.20. The Morgan fingerprint density at radius 1 is 1.18 bits per heavy atom. The quantitative estimate of drug-likeness (QED) is 0.280. The third-order valence-corrected chi connectivity index (χ3v) is 8.91. The van der Waals surface area contributed by atoms with E-state index in [0.717, 1.165) is 59.8 Å². The zero-order chi connectivity index (χ0) is 27.0. The molecule has 1 saturated heterocycles. The number of aryl methyl sites for hydroxylation is 1. The number of fused-ring (bicyclic) bond motifs is 4. The van der Waals surface area contributed by atoms with Crippen molar-refractivity contribution in [1.29, 1.82) is 0 Å². The highest BCUT2D eigenvalue weighted by Gasteiger charge is 2.48. The summed E-state index contributed by atoms with van der Waals surface area (Å²) in [7, 11) is 0. The summed E-state index contributed by atoms with van der Waals surface area (Å²) in [5.74, 6) is -0.223. The first-order valence-corrected chi connectivity index (χ1v) is 14.3. The summed E-state index contributed by atoms with van der Waals surface area (Å²) in [4.78, 5) is 26.8. The van der Waals surface area contributed by atoms with Crippen LogP contribution in [0.3, 0.4) is 0 Å². The van der Waals surface area contributed by atoms with Gasteiger partial charge >= 0.3 is 6.03 Å². The van der Waals surface area contributed by atoms with Crippen molar-refractivity contribution >= 4 is 50.9 Å². The average Bonchev–Trinajstić information content (AvgIpc) is 3.47. The molecule has 6 nitrogen and oxygen atoms in total. The number of halogens is 2. The zero-order valence-electron chi connectivity index (χ0n) is 21.7. The first-order valence-electron chi connectivity index (χ1n) is 13.1. The van der Waals surface area contributed by atoms with Gasteiger partial charge < -0.3 is 5.32 Å². The summed E-state index contributed by atoms with van der Waals surface area (Å²) >= 11 is 7.73. The molecule has 1 fully saturated rings. The van der Waals surface area contributed by atoms with Gasteiger partial charge in [-0.3, -0.25) is 9.80 Å². The molecule has 0 radical (unpaired) electrons. The number of likely N-dealkylation sites (tertiary alicyclic amines) is 1. The van der Waals surface area contributed by atoms with Crippen LogP contribution in [0.15, 0.2) is 60.8 Å². The number of carbonyl (C=O) groups is 1. The Kier molecular flexibility index (Phi) is 7.10. The van der Waals surface area contributed by atoms with Gasteiger partial charge in [-0.1, -0.05) is 35.9 Å². The minimum atomic E-state index is -0.223. The van der Waals surface area contributed by atoms with E-state index in [1.54, 1.807) is 35.7 Å². The minimum absolute atomic E-state index is 0.114. The number of hydrogen-bond donors (Lipinski definition) is 1. The molecule has 1 N–H and O–H groups in total. The summed E-state index contributed by atoms with van der Waals surface area (Å²) in [5.41, 5.74) is 4.98. The minimum Gasteiger partial charge on any atom is -0.334 e. The molecule has 2 amide bonds. The van der Waals surface area contributed by atoms with Gasteiger partial charge in [0.05, 0.1) is 20.9 Å². The molecular formula is C30H29ClFN5OS. The smallest absolute Gasteiger partial charge is 0.322 e. The van der Waals surface area contributed by atoms with Crippen LogP contribution in [0.4, 0.5) is 14.9 Å². The molecule has 6 rings (SSSR count). The highest BCUT2D eigenvalue weighted by molar-refractivity contribution is 7.18. The molecule has 2 aliphatic heterocycles. The van der Waals surface area contributed by atoms with Crippen LogP contribution in [-0.2, 0) is 12.0 Å². The molecule has 200 valence electrons. The van der Waals surface area contributed by atoms with E-state index in [-0.39, 0.29) is 17.3 Å². The lowest BCUT2D eigenvalue weighted by molar-refractivity contribution is 0.180. The van der Waals surface area contributed by atoms with E-state index >= 15 is 0 Å². The largest absolute Gasteiger partial charge is 0.334 e. The molecule has 4 heterocycles. The third kappa shape index (κ3) is 5.29. The van der Waals surface area contributed by atoms with Crippen molar-refractivity contribution in [3.8, 4) is 0 Å². The number of benzene rings is 2. The van der Waals surface area contributed by atoms with Crippen molar-refractivity contribution in [2.75, 3.05) is 31.1 Å². The summed E-state index contributed by atoms with van der Waals surface area (Å²) in [5, 5.41) is 4.53. The average molecular weight is 562 g/mol. The van der Waals surface area contributed by atoms with Gasteiger partial charge in [0.25, 0.3) is 0 Å². The van der Waals surface area contributed by atoms with E-state index in [2.05, 4.69) is 33.4 Å². The second kappa shape index (κ2) is 10.7. The normalized spacial score (nSPS) is 16.8. The Morgan fingerprint density at radius 2 is 1.97 bits per heavy atom. The van der Waals surface area contributed by atoms with Crippen LogP contribution in [0.5, 0.6) is 0 Å². The highest BCUT2D eigenvalue weighted by Crippen LogP contribution is 2.50. The van der Waals surface area contributed by atoms with Crippen LogP contribution < -0.4 is 10.2 Å². The second-order valence-corrected chi connectivity index (χ2v) is 11.9. The molecule has 0 atom stereocenters. The monoisotopic (exact) mass is 561 g/mol. The topological polar surface area (TPSA) is 61.4 Å². The number of urea groups is 1. The van der Waals surface area contributed by atoms with Crippen LogP contribution in [-0.4, -0.2) is 47.1 Å². The van der Waals surface area contributed by atoms with Crippen LogP contribution in [0.2, 0.25) is 5.15 Å². The predicted molar refractivity (Wildman–Crippen MR) is 156 cm³/mol. The SMILES string of the molecule is Cc1nc2c3c(ccc2s1)N(C(=O)NCc1ccnc(Cl)c1)CC31CCN(C/C=C/c2ccc(F)cc2)CC1. The Hall–Kier alpha value is -3.33. The van der Waals surface area contributed by atoms with Gasteiger partial charge in [0.1, 0.15) is 11.0 Å². The molecule has 9 heteroatoms. The number of hydrogen-bond acceptors (Lipinski definition) is 5. The lowest BCUT2D eigenvalue weighted by Crippen LogP contribution is -2.47. The van der Waals surface area contributed by atoms with Crippen LogP contribution >= 0.6 is 22.9 Å². The van der Waals surface area contributed by atoms with Crippen molar-refractivity contribution in [2.24, 2.45) is 0 Å². The molecule has 0 unspecified atom stereocenters. The lowest BCUT2D eigenvalue weighted by atomic mass is 9.74. The molecule has 0 bridgehead atoms. The van der Waals surface area contributed by atoms with Gasteiger partial charge in [-0.25, -0.2) is 19.2 Å². The van der Waals surface area contributed by atoms with Gasteiger partial charge in [-0.05, 0) is 80.4 Å². The molecule has 39 heavy (non-hydrogen) atoms. The molecule has 1 spiro atoms. The fourth-order valence-electron chi connectivity index (χ4n) is 5.80. The number of nitrogens with one attached hydrogen (secondary N) is 1. The fraction of sp³-hybridized carbons (Fsp3) is 0.300. The Labute approximate surface area is 236 Å². The lowest BCUT2D eigenvalue weighted by Gasteiger charge is -2.39. The number of piperidine rings is 1. The summed E-state index contributed by atoms with van der Waals surface area (Å²) in [6.45, 7) is 5.75. The highest BCUT2D eigenvalue weighted by atomic mass is 35.5. The number of rotatable bonds is 5. The van der Waals surface area contributed by atoms with Crippen molar-refractivity contribution in [1.82, 2.24) is 20.2 Å². The molecule has 2 aliphatic rings. The van der Waals surface area contributed by atoms with Crippen LogP contribution in [0.1, 0.15) is 34.5 Å². The summed E-state index contributed by atoms with van der Waals surface area (Å²) in [6.07, 6.45) is 7.72. The zero-order valence-corrected chi connectivity index (χ0v) is 23.2. The van der Waals surface area contributed by atoms with Crippen molar-refractivity contribution in [3.05, 3.63) is 93.5 Å². The first-order chi connectivity index (χ1) is 18.9. The summed E-state index contributed by atoms with van der Waals surface area (Å²) in [6, 6.07) is 14.2. The van der Waals surface area contributed by atoms with E-state index in [1.165, 1.54) is 22.4 Å². The van der Waals surface area contributed by atoms with Crippen LogP contribution in [0.25, 0.3) is 16.3 Å². The Morgan fingerprint density at radius 3 is 2.74 bits per heavy atom. The van der Waals surface area contributed by atoms with Crippen molar-refractivity contribution in [3.63, 3.8) is 0 Å². The maximum absolute atomic E-state index is 13.5. The van der Waals surface area contributed by atoms with E-state index in [4.69, 9.17) is 16.6 Å². The molecule has 0 saturated carbocycles. The molecule has 4 aromatic rings. The van der Waals surface area contributed by atoms with Crippen LogP contribution in [0, 0.1) is 12.7 Å². The number of thiazole rings is 1. The number of carbonyl (C=O) groups excluding carboxylic acids is 1. The number of amides is 2. The van der Waals surface area contributed by atoms with E-state index in [9.17, 15) is 9.18 Å². The standard InChI is InChI=1S/C30H29ClFN5OS/c1-20-35-28-25(39-20)9-8-24-27(28)30(19-37(24)29(38)34-18-22-10-13-33-26(31)17-22)11-15-36(16-12-30)14-2-3-21-4-6-23(32)7-5-21/h2-10,13,17H,11-12,14-16,18-19H2,1H3,(H,34,38)/b3-2+. The molecule has 2 aromatic heterocycles. The van der Waals surface area contributed by atoms with Crippen molar-refractivity contribution < 1.29 is 9.18 Å².